The number of benzene rings is 1. The van der Waals surface area contributed by atoms with Gasteiger partial charge in [0.05, 0.1) is 12.5 Å². The molecule has 7 heteroatoms. The lowest BCUT2D eigenvalue weighted by Crippen LogP contribution is -2.39. The molecular formula is C19H24N4O3. The summed E-state index contributed by atoms with van der Waals surface area (Å²) in [6.45, 7) is 1.93. The molecule has 7 nitrogen and oxygen atoms in total. The maximum Gasteiger partial charge on any atom is 0.317 e. The second kappa shape index (κ2) is 8.51. The third-order valence-corrected chi connectivity index (χ3v) is 4.73. The SMILES string of the molecule is O=C(O)C1CCN(C(=O)NCc2nccn2CCCc2ccccc2)C1. The number of nitrogens with one attached hydrogen (secondary N) is 1. The van der Waals surface area contributed by atoms with E-state index < -0.39 is 11.9 Å². The van der Waals surface area contributed by atoms with Crippen LogP contribution in [0.15, 0.2) is 42.7 Å². The summed E-state index contributed by atoms with van der Waals surface area (Å²) in [6.07, 6.45) is 6.16. The summed E-state index contributed by atoms with van der Waals surface area (Å²) < 4.78 is 2.05. The van der Waals surface area contributed by atoms with Crippen LogP contribution in [-0.4, -0.2) is 44.6 Å². The van der Waals surface area contributed by atoms with Crippen LogP contribution < -0.4 is 5.32 Å². The molecule has 1 aliphatic heterocycles. The largest absolute Gasteiger partial charge is 0.481 e. The van der Waals surface area contributed by atoms with Crippen molar-refractivity contribution in [1.82, 2.24) is 19.8 Å². The minimum absolute atomic E-state index is 0.229. The second-order valence-corrected chi connectivity index (χ2v) is 6.55. The van der Waals surface area contributed by atoms with E-state index in [2.05, 4.69) is 22.4 Å². The van der Waals surface area contributed by atoms with Crippen LogP contribution in [0.2, 0.25) is 0 Å². The summed E-state index contributed by atoms with van der Waals surface area (Å²) in [4.78, 5) is 29.1. The Kier molecular flexibility index (Phi) is 5.88. The first kappa shape index (κ1) is 18.0. The summed E-state index contributed by atoms with van der Waals surface area (Å²) in [6, 6.07) is 10.1. The number of hydrogen-bond donors (Lipinski definition) is 2. The van der Waals surface area contributed by atoms with Crippen molar-refractivity contribution in [1.29, 1.82) is 0 Å². The number of hydrogen-bond acceptors (Lipinski definition) is 3. The quantitative estimate of drug-likeness (QED) is 0.796. The maximum atomic E-state index is 12.2. The van der Waals surface area contributed by atoms with Crippen LogP contribution in [0, 0.1) is 5.92 Å². The summed E-state index contributed by atoms with van der Waals surface area (Å²) in [5.41, 5.74) is 1.31. The minimum Gasteiger partial charge on any atom is -0.481 e. The number of carbonyl (C=O) groups excluding carboxylic acids is 1. The zero-order valence-electron chi connectivity index (χ0n) is 14.7. The zero-order valence-corrected chi connectivity index (χ0v) is 14.7. The highest BCUT2D eigenvalue weighted by Gasteiger charge is 2.30. The Labute approximate surface area is 152 Å². The van der Waals surface area contributed by atoms with Crippen LogP contribution in [0.4, 0.5) is 4.79 Å². The van der Waals surface area contributed by atoms with Crippen LogP contribution in [0.5, 0.6) is 0 Å². The molecule has 26 heavy (non-hydrogen) atoms. The number of aryl methyl sites for hydroxylation is 2. The maximum absolute atomic E-state index is 12.2. The van der Waals surface area contributed by atoms with E-state index >= 15 is 0 Å². The molecule has 3 rings (SSSR count). The average Bonchev–Trinajstić information content (AvgIpc) is 3.30. The number of likely N-dealkylation sites (tertiary alicyclic amines) is 1. The van der Waals surface area contributed by atoms with E-state index in [1.807, 2.05) is 29.0 Å². The fraction of sp³-hybridized carbons (Fsp3) is 0.421. The lowest BCUT2D eigenvalue weighted by atomic mass is 10.1. The van der Waals surface area contributed by atoms with E-state index in [-0.39, 0.29) is 12.6 Å². The Bertz CT molecular complexity index is 744. The first-order valence-corrected chi connectivity index (χ1v) is 8.93. The van der Waals surface area contributed by atoms with Crippen LogP contribution in [0.3, 0.4) is 0 Å². The smallest absolute Gasteiger partial charge is 0.317 e. The Morgan fingerprint density at radius 3 is 2.81 bits per heavy atom. The molecule has 0 radical (unpaired) electrons. The number of urea groups is 1. The van der Waals surface area contributed by atoms with Gasteiger partial charge in [0.25, 0.3) is 0 Å². The van der Waals surface area contributed by atoms with E-state index in [9.17, 15) is 9.59 Å². The van der Waals surface area contributed by atoms with Gasteiger partial charge in [-0.05, 0) is 24.8 Å². The van der Waals surface area contributed by atoms with Gasteiger partial charge in [-0.3, -0.25) is 4.79 Å². The molecule has 0 bridgehead atoms. The number of amides is 2. The van der Waals surface area contributed by atoms with Crippen LogP contribution in [0.25, 0.3) is 0 Å². The molecular weight excluding hydrogens is 332 g/mol. The van der Waals surface area contributed by atoms with Crippen molar-refractivity contribution in [3.63, 3.8) is 0 Å². The fourth-order valence-electron chi connectivity index (χ4n) is 3.22. The van der Waals surface area contributed by atoms with Gasteiger partial charge >= 0.3 is 12.0 Å². The number of imidazole rings is 1. The van der Waals surface area contributed by atoms with E-state index in [1.165, 1.54) is 5.56 Å². The summed E-state index contributed by atoms with van der Waals surface area (Å²) >= 11 is 0. The van der Waals surface area contributed by atoms with E-state index in [1.54, 1.807) is 11.1 Å². The first-order valence-electron chi connectivity index (χ1n) is 8.93. The standard InChI is InChI=1S/C19H24N4O3/c24-18(25)16-8-11-23(14-16)19(26)21-13-17-20-9-12-22(17)10-4-7-15-5-2-1-3-6-15/h1-3,5-6,9,12,16H,4,7-8,10-11,13-14H2,(H,21,26)(H,24,25). The highest BCUT2D eigenvalue weighted by atomic mass is 16.4. The van der Waals surface area contributed by atoms with E-state index in [0.717, 1.165) is 25.2 Å². The third kappa shape index (κ3) is 4.62. The van der Waals surface area contributed by atoms with E-state index in [4.69, 9.17) is 5.11 Å². The van der Waals surface area contributed by atoms with Crippen molar-refractivity contribution < 1.29 is 14.7 Å². The normalized spacial score (nSPS) is 16.6. The number of rotatable bonds is 7. The molecule has 138 valence electrons. The third-order valence-electron chi connectivity index (χ3n) is 4.73. The van der Waals surface area contributed by atoms with Crippen LogP contribution in [-0.2, 0) is 24.3 Å². The molecule has 1 aliphatic rings. The number of carboxylic acid groups (broad SMARTS) is 1. The van der Waals surface area contributed by atoms with Crippen molar-refractivity contribution in [3.05, 3.63) is 54.1 Å². The molecule has 1 fully saturated rings. The zero-order chi connectivity index (χ0) is 18.4. The van der Waals surface area contributed by atoms with Crippen LogP contribution >= 0.6 is 0 Å². The number of carbonyl (C=O) groups is 2. The summed E-state index contributed by atoms with van der Waals surface area (Å²) in [7, 11) is 0. The number of nitrogens with zero attached hydrogens (tertiary/aromatic N) is 3. The molecule has 2 heterocycles. The van der Waals surface area contributed by atoms with Gasteiger partial charge < -0.3 is 19.9 Å². The van der Waals surface area contributed by atoms with Crippen molar-refractivity contribution in [2.24, 2.45) is 5.92 Å². The van der Waals surface area contributed by atoms with Gasteiger partial charge in [-0.25, -0.2) is 9.78 Å². The van der Waals surface area contributed by atoms with Crippen molar-refractivity contribution in [2.45, 2.75) is 32.4 Å². The molecule has 1 saturated heterocycles. The van der Waals surface area contributed by atoms with Gasteiger partial charge in [0.2, 0.25) is 0 Å². The molecule has 0 aliphatic carbocycles. The molecule has 0 saturated carbocycles. The number of aliphatic carboxylic acids is 1. The molecule has 0 spiro atoms. The second-order valence-electron chi connectivity index (χ2n) is 6.55. The summed E-state index contributed by atoms with van der Waals surface area (Å²) in [5.74, 6) is -0.490. The van der Waals surface area contributed by atoms with Crippen molar-refractivity contribution in [2.75, 3.05) is 13.1 Å². The summed E-state index contributed by atoms with van der Waals surface area (Å²) in [5, 5.41) is 11.9. The van der Waals surface area contributed by atoms with Gasteiger partial charge in [-0.1, -0.05) is 30.3 Å². The van der Waals surface area contributed by atoms with Gasteiger partial charge in [0.15, 0.2) is 0 Å². The highest BCUT2D eigenvalue weighted by molar-refractivity contribution is 5.77. The molecule has 2 aromatic rings. The molecule has 1 unspecified atom stereocenters. The van der Waals surface area contributed by atoms with Crippen LogP contribution in [0.1, 0.15) is 24.2 Å². The van der Waals surface area contributed by atoms with E-state index in [0.29, 0.717) is 19.5 Å². The van der Waals surface area contributed by atoms with Gasteiger partial charge in [0, 0.05) is 32.0 Å². The lowest BCUT2D eigenvalue weighted by Gasteiger charge is -2.17. The Morgan fingerprint density at radius 1 is 1.27 bits per heavy atom. The van der Waals surface area contributed by atoms with Gasteiger partial charge in [0.1, 0.15) is 5.82 Å². The Morgan fingerprint density at radius 2 is 2.08 bits per heavy atom. The molecule has 2 amide bonds. The number of aromatic nitrogens is 2. The lowest BCUT2D eigenvalue weighted by molar-refractivity contribution is -0.141. The van der Waals surface area contributed by atoms with Crippen molar-refractivity contribution in [3.8, 4) is 0 Å². The predicted octanol–water partition coefficient (Wildman–Crippen LogP) is 2.13. The van der Waals surface area contributed by atoms with Crippen molar-refractivity contribution >= 4 is 12.0 Å². The molecule has 1 atom stereocenters. The minimum atomic E-state index is -0.839. The molecule has 2 N–H and O–H groups in total. The number of carboxylic acids is 1. The highest BCUT2D eigenvalue weighted by Crippen LogP contribution is 2.16. The fourth-order valence-corrected chi connectivity index (χ4v) is 3.22. The Balaban J connectivity index is 1.45. The average molecular weight is 356 g/mol. The first-order chi connectivity index (χ1) is 12.6. The topological polar surface area (TPSA) is 87.5 Å². The van der Waals surface area contributed by atoms with Gasteiger partial charge in [-0.15, -0.1) is 0 Å². The molecule has 1 aromatic carbocycles. The predicted molar refractivity (Wildman–Crippen MR) is 96.5 cm³/mol. The monoisotopic (exact) mass is 356 g/mol. The Hall–Kier alpha value is -2.83. The van der Waals surface area contributed by atoms with Gasteiger partial charge in [-0.2, -0.15) is 0 Å². The molecule has 1 aromatic heterocycles.